The molecule has 1 N–H and O–H groups in total. The standard InChI is InChI=1S/C25H45Cl2N2O4P/c1-2-3-4-5-6-7-8-9-10-11-12-13-14-15-16-17-25(30)32-23-24-22-28-34(31,33-24)29(20-18-26)21-19-27/h6-7,9-10,24H,2-5,8,11-23H2,1H3,(H,28,31)/b7-6-,10-9-. The molecule has 0 amide bonds. The number of ether oxygens (including phenoxy) is 1. The molecule has 1 fully saturated rings. The average Bonchev–Trinajstić information content (AvgIpc) is 3.22. The highest BCUT2D eigenvalue weighted by atomic mass is 35.5. The van der Waals surface area contributed by atoms with Gasteiger partial charge in [-0.3, -0.25) is 13.9 Å². The van der Waals surface area contributed by atoms with Gasteiger partial charge in [-0.1, -0.05) is 63.3 Å². The first-order chi connectivity index (χ1) is 16.6. The van der Waals surface area contributed by atoms with Gasteiger partial charge in [-0.25, -0.2) is 9.76 Å². The van der Waals surface area contributed by atoms with Gasteiger partial charge in [0.2, 0.25) is 0 Å². The van der Waals surface area contributed by atoms with Crippen molar-refractivity contribution in [2.24, 2.45) is 0 Å². The van der Waals surface area contributed by atoms with E-state index in [0.29, 0.717) is 37.8 Å². The zero-order valence-corrected chi connectivity index (χ0v) is 23.3. The molecular formula is C25H45Cl2N2O4P. The summed E-state index contributed by atoms with van der Waals surface area (Å²) >= 11 is 11.6. The molecule has 0 bridgehead atoms. The lowest BCUT2D eigenvalue weighted by Gasteiger charge is -2.26. The lowest BCUT2D eigenvalue weighted by atomic mass is 10.1. The number of rotatable bonds is 21. The van der Waals surface area contributed by atoms with Crippen LogP contribution in [-0.2, 0) is 18.6 Å². The number of hydrogen-bond donors (Lipinski definition) is 1. The van der Waals surface area contributed by atoms with Crippen LogP contribution >= 0.6 is 30.9 Å². The maximum atomic E-state index is 12.9. The molecule has 0 spiro atoms. The van der Waals surface area contributed by atoms with E-state index in [4.69, 9.17) is 32.5 Å². The van der Waals surface area contributed by atoms with Crippen LogP contribution in [-0.4, -0.2) is 54.7 Å². The second kappa shape index (κ2) is 20.8. The Labute approximate surface area is 217 Å². The number of carbonyl (C=O) groups is 1. The first-order valence-electron chi connectivity index (χ1n) is 12.9. The highest BCUT2D eigenvalue weighted by molar-refractivity contribution is 7.54. The lowest BCUT2D eigenvalue weighted by molar-refractivity contribution is -0.145. The quantitative estimate of drug-likeness (QED) is 0.0546. The molecular weight excluding hydrogens is 494 g/mol. The molecule has 198 valence electrons. The number of unbranched alkanes of at least 4 members (excludes halogenated alkanes) is 8. The predicted molar refractivity (Wildman–Crippen MR) is 144 cm³/mol. The number of allylic oxidation sites excluding steroid dienone is 4. The van der Waals surface area contributed by atoms with Crippen molar-refractivity contribution in [3.63, 3.8) is 0 Å². The summed E-state index contributed by atoms with van der Waals surface area (Å²) in [5.74, 6) is 0.438. The van der Waals surface area contributed by atoms with E-state index in [9.17, 15) is 9.36 Å². The van der Waals surface area contributed by atoms with Crippen LogP contribution in [0.1, 0.15) is 84.0 Å². The Kier molecular flexibility index (Phi) is 19.4. The van der Waals surface area contributed by atoms with Crippen LogP contribution in [0.4, 0.5) is 0 Å². The molecule has 1 rings (SSSR count). The fraction of sp³-hybridized carbons (Fsp3) is 0.800. The minimum atomic E-state index is -3.17. The molecule has 34 heavy (non-hydrogen) atoms. The number of nitrogens with zero attached hydrogens (tertiary/aromatic N) is 1. The second-order valence-electron chi connectivity index (χ2n) is 8.61. The van der Waals surface area contributed by atoms with Crippen LogP contribution in [0, 0.1) is 0 Å². The monoisotopic (exact) mass is 538 g/mol. The first kappa shape index (κ1) is 31.7. The number of hydrogen-bond acceptors (Lipinski definition) is 4. The molecule has 1 heterocycles. The minimum Gasteiger partial charge on any atom is -0.463 e. The van der Waals surface area contributed by atoms with Crippen LogP contribution in [0.25, 0.3) is 0 Å². The van der Waals surface area contributed by atoms with Gasteiger partial charge in [0.1, 0.15) is 12.7 Å². The van der Waals surface area contributed by atoms with Gasteiger partial charge in [0.25, 0.3) is 0 Å². The van der Waals surface area contributed by atoms with Crippen LogP contribution in [0.3, 0.4) is 0 Å². The largest absolute Gasteiger partial charge is 0.463 e. The van der Waals surface area contributed by atoms with Crippen LogP contribution in [0.5, 0.6) is 0 Å². The Morgan fingerprint density at radius 2 is 1.62 bits per heavy atom. The number of nitrogens with one attached hydrogen (secondary N) is 1. The Bertz CT molecular complexity index is 628. The Hall–Kier alpha value is -0.360. The summed E-state index contributed by atoms with van der Waals surface area (Å²) in [4.78, 5) is 12.0. The maximum absolute atomic E-state index is 12.9. The molecule has 1 aliphatic rings. The third-order valence-electron chi connectivity index (χ3n) is 5.63. The fourth-order valence-corrected chi connectivity index (χ4v) is 6.41. The molecule has 0 radical (unpaired) electrons. The van der Waals surface area contributed by atoms with E-state index < -0.39 is 13.8 Å². The molecule has 2 unspecified atom stereocenters. The minimum absolute atomic E-state index is 0.103. The summed E-state index contributed by atoms with van der Waals surface area (Å²) in [5, 5.41) is 2.92. The molecule has 9 heteroatoms. The van der Waals surface area contributed by atoms with Gasteiger partial charge in [0, 0.05) is 37.8 Å². The van der Waals surface area contributed by atoms with Crippen LogP contribution in [0.2, 0.25) is 0 Å². The topological polar surface area (TPSA) is 67.9 Å². The summed E-state index contributed by atoms with van der Waals surface area (Å²) in [6.45, 7) is 3.53. The van der Waals surface area contributed by atoms with E-state index in [1.807, 2.05) is 0 Å². The van der Waals surface area contributed by atoms with Crippen molar-refractivity contribution in [1.82, 2.24) is 9.76 Å². The number of esters is 1. The Balaban J connectivity index is 2.01. The van der Waals surface area contributed by atoms with Crippen molar-refractivity contribution in [2.45, 2.75) is 90.1 Å². The Morgan fingerprint density at radius 3 is 2.26 bits per heavy atom. The third-order valence-corrected chi connectivity index (χ3v) is 8.28. The van der Waals surface area contributed by atoms with Crippen molar-refractivity contribution < 1.29 is 18.6 Å². The van der Waals surface area contributed by atoms with Gasteiger partial charge in [-0.05, 0) is 38.5 Å². The van der Waals surface area contributed by atoms with Crippen LogP contribution < -0.4 is 5.09 Å². The molecule has 0 aliphatic carbocycles. The summed E-state index contributed by atoms with van der Waals surface area (Å²) in [5.41, 5.74) is 0. The van der Waals surface area contributed by atoms with Gasteiger partial charge in [0.05, 0.1) is 0 Å². The SMILES string of the molecule is CCCCC/C=C\C/C=C\CCCCCCCC(=O)OCC1CNP(=O)(N(CCCl)CCCl)O1. The lowest BCUT2D eigenvalue weighted by Crippen LogP contribution is -2.29. The maximum Gasteiger partial charge on any atom is 0.344 e. The molecule has 0 aromatic carbocycles. The molecule has 0 aromatic heterocycles. The zero-order chi connectivity index (χ0) is 24.9. The van der Waals surface area contributed by atoms with Crippen molar-refractivity contribution in [1.29, 1.82) is 0 Å². The van der Waals surface area contributed by atoms with E-state index >= 15 is 0 Å². The first-order valence-corrected chi connectivity index (χ1v) is 15.6. The van der Waals surface area contributed by atoms with Crippen LogP contribution in [0.15, 0.2) is 24.3 Å². The Morgan fingerprint density at radius 1 is 1.00 bits per heavy atom. The van der Waals surface area contributed by atoms with Crippen molar-refractivity contribution in [3.8, 4) is 0 Å². The highest BCUT2D eigenvalue weighted by Gasteiger charge is 2.40. The summed E-state index contributed by atoms with van der Waals surface area (Å²) in [7, 11) is -3.17. The number of carbonyl (C=O) groups excluding carboxylic acids is 1. The zero-order valence-electron chi connectivity index (χ0n) is 20.9. The van der Waals surface area contributed by atoms with E-state index in [-0.39, 0.29) is 12.6 Å². The summed E-state index contributed by atoms with van der Waals surface area (Å²) in [6.07, 6.45) is 21.7. The van der Waals surface area contributed by atoms with Gasteiger partial charge in [-0.15, -0.1) is 23.2 Å². The van der Waals surface area contributed by atoms with E-state index in [2.05, 4.69) is 36.3 Å². The normalized spacial score (nSPS) is 20.8. The van der Waals surface area contributed by atoms with Crippen molar-refractivity contribution in [3.05, 3.63) is 24.3 Å². The smallest absolute Gasteiger partial charge is 0.344 e. The highest BCUT2D eigenvalue weighted by Crippen LogP contribution is 2.51. The second-order valence-corrected chi connectivity index (χ2v) is 11.5. The molecule has 6 nitrogen and oxygen atoms in total. The van der Waals surface area contributed by atoms with Crippen molar-refractivity contribution >= 4 is 36.8 Å². The molecule has 1 saturated heterocycles. The third kappa shape index (κ3) is 14.9. The van der Waals surface area contributed by atoms with Gasteiger partial charge in [0.15, 0.2) is 0 Å². The number of halogens is 2. The summed E-state index contributed by atoms with van der Waals surface area (Å²) < 4.78 is 25.5. The number of alkyl halides is 2. The van der Waals surface area contributed by atoms with E-state index in [0.717, 1.165) is 32.1 Å². The van der Waals surface area contributed by atoms with E-state index in [1.165, 1.54) is 38.5 Å². The fourth-order valence-electron chi connectivity index (χ4n) is 3.66. The predicted octanol–water partition coefficient (Wildman–Crippen LogP) is 7.22. The van der Waals surface area contributed by atoms with E-state index in [1.54, 1.807) is 4.67 Å². The van der Waals surface area contributed by atoms with Crippen molar-refractivity contribution in [2.75, 3.05) is 38.0 Å². The molecule has 0 aromatic rings. The summed E-state index contributed by atoms with van der Waals surface area (Å²) in [6, 6.07) is 0. The molecule has 2 atom stereocenters. The van der Waals surface area contributed by atoms with Gasteiger partial charge < -0.3 is 4.74 Å². The molecule has 1 aliphatic heterocycles. The van der Waals surface area contributed by atoms with Gasteiger partial charge >= 0.3 is 13.6 Å². The molecule has 0 saturated carbocycles. The average molecular weight is 540 g/mol. The van der Waals surface area contributed by atoms with Gasteiger partial charge in [-0.2, -0.15) is 0 Å².